The maximum absolute atomic E-state index is 5.93. The fourth-order valence-electron chi connectivity index (χ4n) is 2.80. The molecule has 0 aliphatic carbocycles. The molecule has 0 aromatic carbocycles. The van der Waals surface area contributed by atoms with Crippen molar-refractivity contribution in [2.24, 2.45) is 11.8 Å². The van der Waals surface area contributed by atoms with Gasteiger partial charge in [-0.05, 0) is 11.8 Å². The van der Waals surface area contributed by atoms with E-state index < -0.39 is 0 Å². The number of nitrogens with one attached hydrogen (secondary N) is 1. The van der Waals surface area contributed by atoms with Gasteiger partial charge in [0.15, 0.2) is 10.9 Å². The Balaban J connectivity index is 1.81. The molecule has 1 aromatic rings. The molecule has 0 bridgehead atoms. The normalized spacial score (nSPS) is 27.3. The minimum atomic E-state index is 0.428. The average molecular weight is 254 g/mol. The van der Waals surface area contributed by atoms with Crippen LogP contribution >= 0.6 is 11.6 Å². The predicted molar refractivity (Wildman–Crippen MR) is 67.9 cm³/mol. The van der Waals surface area contributed by atoms with Crippen molar-refractivity contribution in [1.82, 2.24) is 10.3 Å². The molecule has 5 heteroatoms. The molecule has 0 saturated carbocycles. The topological polar surface area (TPSA) is 37.4 Å². The third kappa shape index (κ3) is 1.96. The summed E-state index contributed by atoms with van der Waals surface area (Å²) in [5.41, 5.74) is 1.11. The van der Waals surface area contributed by atoms with Gasteiger partial charge in [-0.25, -0.2) is 4.98 Å². The summed E-state index contributed by atoms with van der Waals surface area (Å²) in [7, 11) is 1.62. The highest BCUT2D eigenvalue weighted by Gasteiger charge is 2.36. The first-order chi connectivity index (χ1) is 8.28. The van der Waals surface area contributed by atoms with Crippen LogP contribution in [-0.4, -0.2) is 38.3 Å². The van der Waals surface area contributed by atoms with E-state index in [1.807, 2.05) is 12.3 Å². The molecular formula is C12H16ClN3O. The Labute approximate surface area is 106 Å². The van der Waals surface area contributed by atoms with Gasteiger partial charge in [-0.2, -0.15) is 0 Å². The van der Waals surface area contributed by atoms with Gasteiger partial charge in [0, 0.05) is 32.2 Å². The Kier molecular flexibility index (Phi) is 2.84. The van der Waals surface area contributed by atoms with Crippen LogP contribution < -0.4 is 15.0 Å². The smallest absolute Gasteiger partial charge is 0.171 e. The molecule has 2 saturated heterocycles. The molecule has 1 aromatic heterocycles. The van der Waals surface area contributed by atoms with Gasteiger partial charge in [-0.15, -0.1) is 0 Å². The Hall–Kier alpha value is -1.00. The molecule has 92 valence electrons. The van der Waals surface area contributed by atoms with Gasteiger partial charge >= 0.3 is 0 Å². The van der Waals surface area contributed by atoms with Crippen LogP contribution in [0.15, 0.2) is 12.3 Å². The summed E-state index contributed by atoms with van der Waals surface area (Å²) >= 11 is 5.93. The molecule has 2 fully saturated rings. The van der Waals surface area contributed by atoms with Gasteiger partial charge in [0.25, 0.3) is 0 Å². The maximum atomic E-state index is 5.93. The minimum absolute atomic E-state index is 0.428. The fourth-order valence-corrected chi connectivity index (χ4v) is 2.98. The van der Waals surface area contributed by atoms with Crippen LogP contribution in [0.2, 0.25) is 5.15 Å². The number of pyridine rings is 1. The summed E-state index contributed by atoms with van der Waals surface area (Å²) in [6.45, 7) is 4.48. The van der Waals surface area contributed by atoms with Gasteiger partial charge in [0.2, 0.25) is 0 Å². The fraction of sp³-hybridized carbons (Fsp3) is 0.583. The Morgan fingerprint density at radius 1 is 1.41 bits per heavy atom. The van der Waals surface area contributed by atoms with Crippen molar-refractivity contribution in [3.05, 3.63) is 17.4 Å². The highest BCUT2D eigenvalue weighted by molar-refractivity contribution is 6.30. The van der Waals surface area contributed by atoms with E-state index in [0.717, 1.165) is 43.7 Å². The molecule has 1 N–H and O–H groups in total. The summed E-state index contributed by atoms with van der Waals surface area (Å²) in [4.78, 5) is 6.55. The largest absolute Gasteiger partial charge is 0.493 e. The Morgan fingerprint density at radius 2 is 2.12 bits per heavy atom. The third-order valence-corrected chi connectivity index (χ3v) is 4.05. The van der Waals surface area contributed by atoms with E-state index in [9.17, 15) is 0 Å². The zero-order valence-electron chi connectivity index (χ0n) is 9.82. The number of hydrogen-bond acceptors (Lipinski definition) is 4. The lowest BCUT2D eigenvalue weighted by molar-refractivity contribution is 0.413. The lowest BCUT2D eigenvalue weighted by Crippen LogP contribution is -2.25. The first-order valence-electron chi connectivity index (χ1n) is 5.93. The van der Waals surface area contributed by atoms with E-state index in [4.69, 9.17) is 16.3 Å². The monoisotopic (exact) mass is 253 g/mol. The lowest BCUT2D eigenvalue weighted by Gasteiger charge is -2.20. The number of nitrogens with zero attached hydrogens (tertiary/aromatic N) is 2. The van der Waals surface area contributed by atoms with Gasteiger partial charge in [-0.3, -0.25) is 0 Å². The summed E-state index contributed by atoms with van der Waals surface area (Å²) in [5, 5.41) is 3.87. The van der Waals surface area contributed by atoms with Crippen molar-refractivity contribution in [3.8, 4) is 5.75 Å². The van der Waals surface area contributed by atoms with E-state index in [2.05, 4.69) is 15.2 Å². The summed E-state index contributed by atoms with van der Waals surface area (Å²) in [5.74, 6) is 2.20. The average Bonchev–Trinajstić information content (AvgIpc) is 2.90. The minimum Gasteiger partial charge on any atom is -0.493 e. The second-order valence-electron chi connectivity index (χ2n) is 4.77. The SMILES string of the molecule is COc1cc(N2CC3CNCC3C2)cnc1Cl. The van der Waals surface area contributed by atoms with Crippen molar-refractivity contribution in [2.45, 2.75) is 0 Å². The van der Waals surface area contributed by atoms with Crippen molar-refractivity contribution in [2.75, 3.05) is 38.2 Å². The Bertz CT molecular complexity index is 414. The number of halogens is 1. The highest BCUT2D eigenvalue weighted by atomic mass is 35.5. The number of aromatic nitrogens is 1. The summed E-state index contributed by atoms with van der Waals surface area (Å²) in [6.07, 6.45) is 1.83. The van der Waals surface area contributed by atoms with Crippen LogP contribution in [0, 0.1) is 11.8 Å². The number of ether oxygens (including phenoxy) is 1. The van der Waals surface area contributed by atoms with E-state index in [0.29, 0.717) is 10.9 Å². The molecular weight excluding hydrogens is 238 g/mol. The summed E-state index contributed by atoms with van der Waals surface area (Å²) < 4.78 is 5.21. The van der Waals surface area contributed by atoms with Gasteiger partial charge < -0.3 is 15.0 Å². The van der Waals surface area contributed by atoms with Crippen molar-refractivity contribution in [1.29, 1.82) is 0 Å². The van der Waals surface area contributed by atoms with Crippen LogP contribution in [-0.2, 0) is 0 Å². The number of fused-ring (bicyclic) bond motifs is 1. The number of hydrogen-bond donors (Lipinski definition) is 1. The van der Waals surface area contributed by atoms with Gasteiger partial charge in [-0.1, -0.05) is 11.6 Å². The van der Waals surface area contributed by atoms with E-state index in [-0.39, 0.29) is 0 Å². The van der Waals surface area contributed by atoms with E-state index in [1.165, 1.54) is 0 Å². The van der Waals surface area contributed by atoms with Gasteiger partial charge in [0.05, 0.1) is 19.0 Å². The molecule has 0 spiro atoms. The molecule has 2 atom stereocenters. The number of rotatable bonds is 2. The van der Waals surface area contributed by atoms with E-state index >= 15 is 0 Å². The lowest BCUT2D eigenvalue weighted by atomic mass is 10.0. The molecule has 0 radical (unpaired) electrons. The molecule has 2 unspecified atom stereocenters. The molecule has 4 nitrogen and oxygen atoms in total. The van der Waals surface area contributed by atoms with Gasteiger partial charge in [0.1, 0.15) is 0 Å². The van der Waals surface area contributed by atoms with Crippen LogP contribution in [0.1, 0.15) is 0 Å². The predicted octanol–water partition coefficient (Wildman–Crippen LogP) is 1.40. The first kappa shape index (κ1) is 11.1. The van der Waals surface area contributed by atoms with Crippen molar-refractivity contribution in [3.63, 3.8) is 0 Å². The summed E-state index contributed by atoms with van der Waals surface area (Å²) in [6, 6.07) is 1.98. The standard InChI is InChI=1S/C12H16ClN3O/c1-17-11-2-10(5-15-12(11)13)16-6-8-3-14-4-9(8)7-16/h2,5,8-9,14H,3-4,6-7H2,1H3. The van der Waals surface area contributed by atoms with Crippen molar-refractivity contribution >= 4 is 17.3 Å². The maximum Gasteiger partial charge on any atom is 0.171 e. The zero-order chi connectivity index (χ0) is 11.8. The molecule has 3 rings (SSSR count). The highest BCUT2D eigenvalue weighted by Crippen LogP contribution is 2.33. The molecule has 3 heterocycles. The second kappa shape index (κ2) is 4.35. The first-order valence-corrected chi connectivity index (χ1v) is 6.31. The zero-order valence-corrected chi connectivity index (χ0v) is 10.6. The quantitative estimate of drug-likeness (QED) is 0.809. The third-order valence-electron chi connectivity index (χ3n) is 3.77. The second-order valence-corrected chi connectivity index (χ2v) is 5.13. The number of methoxy groups -OCH3 is 1. The van der Waals surface area contributed by atoms with Crippen LogP contribution in [0.4, 0.5) is 5.69 Å². The Morgan fingerprint density at radius 3 is 2.76 bits per heavy atom. The van der Waals surface area contributed by atoms with Crippen molar-refractivity contribution < 1.29 is 4.74 Å². The van der Waals surface area contributed by atoms with Crippen LogP contribution in [0.3, 0.4) is 0 Å². The molecule has 2 aliphatic rings. The number of anilines is 1. The molecule has 0 amide bonds. The van der Waals surface area contributed by atoms with Crippen LogP contribution in [0.5, 0.6) is 5.75 Å². The molecule has 17 heavy (non-hydrogen) atoms. The van der Waals surface area contributed by atoms with Crippen LogP contribution in [0.25, 0.3) is 0 Å². The molecule has 2 aliphatic heterocycles. The van der Waals surface area contributed by atoms with E-state index in [1.54, 1.807) is 7.11 Å².